The molecule has 6 rings (SSSR count). The molecular weight excluding hydrogens is 420 g/mol. The highest BCUT2D eigenvalue weighted by Crippen LogP contribution is 2.23. The summed E-state index contributed by atoms with van der Waals surface area (Å²) in [6, 6.07) is 3.69. The van der Waals surface area contributed by atoms with E-state index < -0.39 is 0 Å². The van der Waals surface area contributed by atoms with Crippen molar-refractivity contribution < 1.29 is 0 Å². The Morgan fingerprint density at radius 2 is 1.33 bits per heavy atom. The zero-order valence-corrected chi connectivity index (χ0v) is 16.9. The molecule has 0 aliphatic heterocycles. The van der Waals surface area contributed by atoms with E-state index >= 15 is 0 Å². The van der Waals surface area contributed by atoms with Gasteiger partial charge in [-0.1, -0.05) is 0 Å². The number of fused-ring (bicyclic) bond motifs is 3. The van der Waals surface area contributed by atoms with Gasteiger partial charge in [-0.3, -0.25) is 29.9 Å². The third kappa shape index (κ3) is 3.31. The molecule has 12 nitrogen and oxygen atoms in total. The molecule has 158 valence electrons. The maximum atomic E-state index is 6.29. The quantitative estimate of drug-likeness (QED) is 0.432. The molecule has 0 spiro atoms. The van der Waals surface area contributed by atoms with Gasteiger partial charge in [0.1, 0.15) is 28.5 Å². The summed E-state index contributed by atoms with van der Waals surface area (Å²) in [5.41, 5.74) is 11.0. The molecule has 6 aromatic rings. The van der Waals surface area contributed by atoms with Crippen LogP contribution in [0.4, 0.5) is 0 Å². The van der Waals surface area contributed by atoms with Crippen LogP contribution in [0.2, 0.25) is 0 Å². The highest BCUT2D eigenvalue weighted by atomic mass is 15.4. The van der Waals surface area contributed by atoms with E-state index in [4.69, 9.17) is 10.7 Å². The molecule has 6 heterocycles. The Balaban J connectivity index is 1.60. The monoisotopic (exact) mass is 434 g/mol. The lowest BCUT2D eigenvalue weighted by Gasteiger charge is -2.04. The van der Waals surface area contributed by atoms with Gasteiger partial charge in [-0.15, -0.1) is 0 Å². The molecule has 2 N–H and O–H groups in total. The summed E-state index contributed by atoms with van der Waals surface area (Å²) in [6.45, 7) is 0. The molecule has 0 bridgehead atoms. The predicted octanol–water partition coefficient (Wildman–Crippen LogP) is 1.54. The topological polar surface area (TPSA) is 151 Å². The van der Waals surface area contributed by atoms with Gasteiger partial charge < -0.3 is 5.73 Å². The molecule has 0 radical (unpaired) electrons. The molecule has 0 unspecified atom stereocenters. The summed E-state index contributed by atoms with van der Waals surface area (Å²) in [4.78, 5) is 30.0. The zero-order chi connectivity index (χ0) is 22.2. The van der Waals surface area contributed by atoms with E-state index in [9.17, 15) is 0 Å². The summed E-state index contributed by atoms with van der Waals surface area (Å²) in [5.74, 6) is 0.487. The molecule has 0 saturated carbocycles. The second kappa shape index (κ2) is 7.53. The average Bonchev–Trinajstić information content (AvgIpc) is 3.51. The Morgan fingerprint density at radius 1 is 0.697 bits per heavy atom. The Morgan fingerprint density at radius 3 is 1.97 bits per heavy atom. The fraction of sp³-hybridized carbons (Fsp3) is 0. The van der Waals surface area contributed by atoms with Gasteiger partial charge in [-0.25, -0.2) is 4.98 Å². The van der Waals surface area contributed by atoms with Crippen LogP contribution >= 0.6 is 0 Å². The van der Waals surface area contributed by atoms with Gasteiger partial charge in [0.05, 0.1) is 24.3 Å². The van der Waals surface area contributed by atoms with E-state index in [2.05, 4.69) is 40.1 Å². The van der Waals surface area contributed by atoms with Crippen LogP contribution < -0.4 is 5.73 Å². The minimum atomic E-state index is 0.395. The van der Waals surface area contributed by atoms with Gasteiger partial charge >= 0.3 is 0 Å². The van der Waals surface area contributed by atoms with Crippen molar-refractivity contribution in [2.75, 3.05) is 0 Å². The molecular formula is C21H14N12. The van der Waals surface area contributed by atoms with Crippen LogP contribution in [-0.4, -0.2) is 54.1 Å². The largest absolute Gasteiger partial charge is 0.397 e. The standard InChI is InChI=1S/C21H14N12/c22-13(16-10-23-1-4-26-16)7-19-29-20-8-14(17-11-24-2-5-27-17)30-33(20)21-9-15(31-32(19)21)18-12-25-3-6-28-18/h1-12H,22H2. The molecule has 0 atom stereocenters. The third-order valence-electron chi connectivity index (χ3n) is 4.84. The van der Waals surface area contributed by atoms with Crippen LogP contribution in [-0.2, 0) is 0 Å². The van der Waals surface area contributed by atoms with Crippen molar-refractivity contribution in [3.8, 4) is 22.8 Å². The van der Waals surface area contributed by atoms with Crippen LogP contribution in [0.5, 0.6) is 0 Å². The van der Waals surface area contributed by atoms with Crippen LogP contribution in [0.15, 0.2) is 67.9 Å². The van der Waals surface area contributed by atoms with Crippen LogP contribution in [0, 0.1) is 0 Å². The minimum Gasteiger partial charge on any atom is -0.397 e. The van der Waals surface area contributed by atoms with E-state index in [1.807, 2.05) is 12.1 Å². The molecule has 33 heavy (non-hydrogen) atoms. The van der Waals surface area contributed by atoms with E-state index in [1.54, 1.807) is 70.9 Å². The van der Waals surface area contributed by atoms with Crippen molar-refractivity contribution in [3.05, 3.63) is 79.4 Å². The molecule has 0 saturated heterocycles. The molecule has 0 aliphatic carbocycles. The number of hydrogen-bond acceptors (Lipinski definition) is 10. The van der Waals surface area contributed by atoms with Crippen molar-refractivity contribution in [1.82, 2.24) is 54.1 Å². The van der Waals surface area contributed by atoms with Crippen LogP contribution in [0.25, 0.3) is 45.8 Å². The maximum absolute atomic E-state index is 6.29. The summed E-state index contributed by atoms with van der Waals surface area (Å²) in [6.07, 6.45) is 16.2. The van der Waals surface area contributed by atoms with Crippen molar-refractivity contribution in [2.24, 2.45) is 5.73 Å². The number of nitrogens with two attached hydrogens (primary N) is 1. The van der Waals surface area contributed by atoms with Crippen molar-refractivity contribution in [3.63, 3.8) is 0 Å². The summed E-state index contributed by atoms with van der Waals surface area (Å²) in [7, 11) is 0. The normalized spacial score (nSPS) is 11.9. The highest BCUT2D eigenvalue weighted by molar-refractivity contribution is 5.77. The van der Waals surface area contributed by atoms with Crippen molar-refractivity contribution >= 4 is 23.1 Å². The van der Waals surface area contributed by atoms with E-state index in [-0.39, 0.29) is 0 Å². The molecule has 0 aliphatic rings. The SMILES string of the molecule is NC(=Cc1nc2cc(-c3cnccn3)nn2c2cc(-c3cnccn3)nn12)c1cnccn1. The first-order chi connectivity index (χ1) is 16.3. The smallest absolute Gasteiger partial charge is 0.162 e. The van der Waals surface area contributed by atoms with Gasteiger partial charge in [-0.2, -0.15) is 19.2 Å². The summed E-state index contributed by atoms with van der Waals surface area (Å²) in [5, 5.41) is 9.37. The van der Waals surface area contributed by atoms with Crippen LogP contribution in [0.1, 0.15) is 11.5 Å². The van der Waals surface area contributed by atoms with Crippen LogP contribution in [0.3, 0.4) is 0 Å². The average molecular weight is 434 g/mol. The Labute approximate surface area is 185 Å². The maximum Gasteiger partial charge on any atom is 0.162 e. The number of rotatable bonds is 4. The Hall–Kier alpha value is -5.13. The van der Waals surface area contributed by atoms with E-state index in [0.29, 0.717) is 51.3 Å². The molecule has 12 heteroatoms. The Kier molecular flexibility index (Phi) is 4.25. The summed E-state index contributed by atoms with van der Waals surface area (Å²) < 4.78 is 3.33. The highest BCUT2D eigenvalue weighted by Gasteiger charge is 2.16. The van der Waals surface area contributed by atoms with Crippen molar-refractivity contribution in [2.45, 2.75) is 0 Å². The lowest BCUT2D eigenvalue weighted by atomic mass is 10.3. The second-order valence-electron chi connectivity index (χ2n) is 6.94. The molecule has 0 fully saturated rings. The van der Waals surface area contributed by atoms with Gasteiger partial charge in [0.15, 0.2) is 17.1 Å². The fourth-order valence-corrected chi connectivity index (χ4v) is 3.34. The molecule has 0 amide bonds. The van der Waals surface area contributed by atoms with E-state index in [0.717, 1.165) is 0 Å². The number of hydrogen-bond donors (Lipinski definition) is 1. The Bertz CT molecular complexity index is 1610. The lowest BCUT2D eigenvalue weighted by Crippen LogP contribution is -2.06. The van der Waals surface area contributed by atoms with Gasteiger partial charge in [0.25, 0.3) is 0 Å². The number of nitrogens with zero attached hydrogens (tertiary/aromatic N) is 11. The zero-order valence-electron chi connectivity index (χ0n) is 16.9. The van der Waals surface area contributed by atoms with Gasteiger partial charge in [-0.05, 0) is 0 Å². The molecule has 0 aromatic carbocycles. The fourth-order valence-electron chi connectivity index (χ4n) is 3.34. The van der Waals surface area contributed by atoms with Gasteiger partial charge in [0.2, 0.25) is 0 Å². The first-order valence-corrected chi connectivity index (χ1v) is 9.82. The van der Waals surface area contributed by atoms with E-state index in [1.165, 1.54) is 0 Å². The minimum absolute atomic E-state index is 0.395. The second-order valence-corrected chi connectivity index (χ2v) is 6.94. The third-order valence-corrected chi connectivity index (χ3v) is 4.84. The molecule has 6 aromatic heterocycles. The lowest BCUT2D eigenvalue weighted by molar-refractivity contribution is 0.839. The number of aromatic nitrogens is 11. The van der Waals surface area contributed by atoms with Crippen molar-refractivity contribution in [1.29, 1.82) is 0 Å². The van der Waals surface area contributed by atoms with Gasteiger partial charge in [0, 0.05) is 55.4 Å². The first kappa shape index (κ1) is 18.6. The predicted molar refractivity (Wildman–Crippen MR) is 118 cm³/mol. The summed E-state index contributed by atoms with van der Waals surface area (Å²) >= 11 is 0. The first-order valence-electron chi connectivity index (χ1n) is 9.82.